The van der Waals surface area contributed by atoms with Crippen molar-refractivity contribution in [3.8, 4) is 0 Å². The van der Waals surface area contributed by atoms with Crippen LogP contribution in [0.2, 0.25) is 0 Å². The SMILES string of the molecule is O=C(O)[C@H]1CN(c2ccc([C@H]3CC[S@@+]([O-])CC3)cc2)C(=O)O1. The number of carboxylic acids is 1. The zero-order valence-corrected chi connectivity index (χ0v) is 12.8. The van der Waals surface area contributed by atoms with Gasteiger partial charge in [-0.3, -0.25) is 4.90 Å². The molecule has 1 amide bonds. The fourth-order valence-electron chi connectivity index (χ4n) is 2.86. The van der Waals surface area contributed by atoms with E-state index in [9.17, 15) is 14.1 Å². The maximum absolute atomic E-state index is 11.7. The molecule has 7 heteroatoms. The molecule has 2 aliphatic heterocycles. The van der Waals surface area contributed by atoms with Crippen LogP contribution in [0.4, 0.5) is 10.5 Å². The molecule has 0 saturated carbocycles. The summed E-state index contributed by atoms with van der Waals surface area (Å²) in [7, 11) is 0. The first-order valence-corrected chi connectivity index (χ1v) is 8.69. The first-order valence-electron chi connectivity index (χ1n) is 7.20. The molecular formula is C15H17NO5S. The monoisotopic (exact) mass is 323 g/mol. The Balaban J connectivity index is 1.69. The Morgan fingerprint density at radius 1 is 1.27 bits per heavy atom. The number of anilines is 1. The first-order chi connectivity index (χ1) is 10.5. The number of hydrogen-bond donors (Lipinski definition) is 1. The van der Waals surface area contributed by atoms with E-state index < -0.39 is 29.3 Å². The summed E-state index contributed by atoms with van der Waals surface area (Å²) >= 11 is -0.679. The molecule has 0 aromatic heterocycles. The minimum absolute atomic E-state index is 0.0237. The van der Waals surface area contributed by atoms with Crippen LogP contribution < -0.4 is 4.90 Å². The van der Waals surface area contributed by atoms with E-state index >= 15 is 0 Å². The van der Waals surface area contributed by atoms with Crippen LogP contribution in [-0.4, -0.2) is 45.9 Å². The topological polar surface area (TPSA) is 89.9 Å². The van der Waals surface area contributed by atoms with Crippen molar-refractivity contribution in [3.05, 3.63) is 29.8 Å². The van der Waals surface area contributed by atoms with Crippen LogP contribution in [0.25, 0.3) is 0 Å². The third-order valence-electron chi connectivity index (χ3n) is 4.15. The first kappa shape index (κ1) is 15.2. The summed E-state index contributed by atoms with van der Waals surface area (Å²) in [5.41, 5.74) is 1.81. The predicted molar refractivity (Wildman–Crippen MR) is 81.5 cm³/mol. The van der Waals surface area contributed by atoms with Gasteiger partial charge in [0.1, 0.15) is 11.5 Å². The number of amides is 1. The van der Waals surface area contributed by atoms with Crippen molar-refractivity contribution in [1.29, 1.82) is 0 Å². The van der Waals surface area contributed by atoms with Crippen LogP contribution in [0.15, 0.2) is 24.3 Å². The third-order valence-corrected chi connectivity index (χ3v) is 5.53. The Labute approximate surface area is 131 Å². The van der Waals surface area contributed by atoms with Crippen molar-refractivity contribution in [2.45, 2.75) is 24.9 Å². The highest BCUT2D eigenvalue weighted by atomic mass is 32.2. The van der Waals surface area contributed by atoms with Crippen LogP contribution in [0.3, 0.4) is 0 Å². The lowest BCUT2D eigenvalue weighted by Gasteiger charge is -2.24. The highest BCUT2D eigenvalue weighted by Gasteiger charge is 2.37. The van der Waals surface area contributed by atoms with Crippen molar-refractivity contribution in [3.63, 3.8) is 0 Å². The number of carboxylic acid groups (broad SMARTS) is 1. The Bertz CT molecular complexity index is 568. The average molecular weight is 323 g/mol. The van der Waals surface area contributed by atoms with Gasteiger partial charge in [-0.1, -0.05) is 23.3 Å². The van der Waals surface area contributed by atoms with Gasteiger partial charge in [0, 0.05) is 5.69 Å². The van der Waals surface area contributed by atoms with Crippen molar-refractivity contribution in [2.75, 3.05) is 23.0 Å². The van der Waals surface area contributed by atoms with Gasteiger partial charge in [0.05, 0.1) is 6.54 Å². The van der Waals surface area contributed by atoms with Crippen LogP contribution in [0.1, 0.15) is 24.3 Å². The molecule has 1 aromatic rings. The Kier molecular flexibility index (Phi) is 4.26. The molecule has 1 aromatic carbocycles. The summed E-state index contributed by atoms with van der Waals surface area (Å²) in [5.74, 6) is 0.753. The molecule has 0 unspecified atom stereocenters. The van der Waals surface area contributed by atoms with Gasteiger partial charge in [0.15, 0.2) is 0 Å². The molecular weight excluding hydrogens is 306 g/mol. The number of cyclic esters (lactones) is 1. The molecule has 2 fully saturated rings. The molecule has 0 aliphatic carbocycles. The highest BCUT2D eigenvalue weighted by molar-refractivity contribution is 7.91. The van der Waals surface area contributed by atoms with Crippen LogP contribution in [0, 0.1) is 0 Å². The van der Waals surface area contributed by atoms with E-state index in [0.717, 1.165) is 24.3 Å². The summed E-state index contributed by atoms with van der Waals surface area (Å²) < 4.78 is 16.2. The lowest BCUT2D eigenvalue weighted by Crippen LogP contribution is -2.27. The van der Waals surface area contributed by atoms with Gasteiger partial charge in [-0.2, -0.15) is 0 Å². The van der Waals surface area contributed by atoms with Crippen molar-refractivity contribution < 1.29 is 24.0 Å². The number of nitrogens with zero attached hydrogens (tertiary/aromatic N) is 1. The molecule has 2 heterocycles. The largest absolute Gasteiger partial charge is 0.616 e. The molecule has 6 nitrogen and oxygen atoms in total. The normalized spacial score (nSPS) is 28.5. The number of aliphatic carboxylic acids is 1. The quantitative estimate of drug-likeness (QED) is 0.856. The van der Waals surface area contributed by atoms with Gasteiger partial charge in [-0.05, 0) is 36.5 Å². The van der Waals surface area contributed by atoms with Gasteiger partial charge >= 0.3 is 12.1 Å². The Morgan fingerprint density at radius 3 is 2.45 bits per heavy atom. The second-order valence-electron chi connectivity index (χ2n) is 5.54. The minimum atomic E-state index is -1.14. The second-order valence-corrected chi connectivity index (χ2v) is 7.23. The van der Waals surface area contributed by atoms with Gasteiger partial charge in [0.2, 0.25) is 6.10 Å². The van der Waals surface area contributed by atoms with Gasteiger partial charge in [0.25, 0.3) is 0 Å². The van der Waals surface area contributed by atoms with Crippen molar-refractivity contribution >= 4 is 28.9 Å². The standard InChI is InChI=1S/C15H17NO5S/c17-14(18)13-9-16(15(19)21-13)12-3-1-10(2-4-12)11-5-7-22(20)8-6-11/h1-4,11,13H,5-9H2,(H,17,18)/t11-,13-,22+/m1/s1. The van der Waals surface area contributed by atoms with E-state index in [-0.39, 0.29) is 6.54 Å². The average Bonchev–Trinajstić information content (AvgIpc) is 2.91. The highest BCUT2D eigenvalue weighted by Crippen LogP contribution is 2.31. The van der Waals surface area contributed by atoms with Gasteiger partial charge < -0.3 is 14.4 Å². The molecule has 3 rings (SSSR count). The number of benzene rings is 1. The summed E-state index contributed by atoms with van der Waals surface area (Å²) in [4.78, 5) is 23.9. The molecule has 1 N–H and O–H groups in total. The van der Waals surface area contributed by atoms with E-state index in [4.69, 9.17) is 9.84 Å². The lowest BCUT2D eigenvalue weighted by molar-refractivity contribution is -0.144. The zero-order chi connectivity index (χ0) is 15.7. The van der Waals surface area contributed by atoms with Crippen molar-refractivity contribution in [1.82, 2.24) is 0 Å². The number of carbonyl (C=O) groups excluding carboxylic acids is 1. The third kappa shape index (κ3) is 3.05. The Morgan fingerprint density at radius 2 is 1.91 bits per heavy atom. The molecule has 2 saturated heterocycles. The van der Waals surface area contributed by atoms with E-state index in [1.165, 1.54) is 10.5 Å². The van der Waals surface area contributed by atoms with Gasteiger partial charge in [-0.15, -0.1) is 0 Å². The lowest BCUT2D eigenvalue weighted by atomic mass is 9.93. The second kappa shape index (κ2) is 6.18. The molecule has 0 spiro atoms. The molecule has 1 atom stereocenters. The number of carbonyl (C=O) groups is 2. The smallest absolute Gasteiger partial charge is 0.415 e. The minimum Gasteiger partial charge on any atom is -0.616 e. The molecule has 0 bridgehead atoms. The maximum atomic E-state index is 11.7. The van der Waals surface area contributed by atoms with Gasteiger partial charge in [-0.25, -0.2) is 9.59 Å². The number of ether oxygens (including phenoxy) is 1. The summed E-state index contributed by atoms with van der Waals surface area (Å²) in [6.07, 6.45) is 0.0890. The van der Waals surface area contributed by atoms with E-state index in [1.807, 2.05) is 24.3 Å². The van der Waals surface area contributed by atoms with Crippen molar-refractivity contribution in [2.24, 2.45) is 0 Å². The van der Waals surface area contributed by atoms with E-state index in [1.54, 1.807) is 0 Å². The maximum Gasteiger partial charge on any atom is 0.415 e. The van der Waals surface area contributed by atoms with Crippen LogP contribution >= 0.6 is 0 Å². The van der Waals surface area contributed by atoms with E-state index in [0.29, 0.717) is 11.6 Å². The van der Waals surface area contributed by atoms with E-state index in [2.05, 4.69) is 0 Å². The fourth-order valence-corrected chi connectivity index (χ4v) is 4.15. The summed E-state index contributed by atoms with van der Waals surface area (Å²) in [6.45, 7) is 0.0237. The summed E-state index contributed by atoms with van der Waals surface area (Å²) in [5, 5.41) is 8.90. The summed E-state index contributed by atoms with van der Waals surface area (Å²) in [6, 6.07) is 7.53. The fraction of sp³-hybridized carbons (Fsp3) is 0.467. The zero-order valence-electron chi connectivity index (χ0n) is 11.9. The van der Waals surface area contributed by atoms with Crippen LogP contribution in [-0.2, 0) is 20.7 Å². The molecule has 0 radical (unpaired) electrons. The predicted octanol–water partition coefficient (Wildman–Crippen LogP) is 1.72. The number of rotatable bonds is 3. The Hall–Kier alpha value is -1.73. The molecule has 22 heavy (non-hydrogen) atoms. The van der Waals surface area contributed by atoms with Crippen LogP contribution in [0.5, 0.6) is 0 Å². The molecule has 118 valence electrons. The number of hydrogen-bond acceptors (Lipinski definition) is 4. The molecule has 2 aliphatic rings.